The van der Waals surface area contributed by atoms with E-state index in [4.69, 9.17) is 4.74 Å². The van der Waals surface area contributed by atoms with Gasteiger partial charge in [-0.3, -0.25) is 4.79 Å². The highest BCUT2D eigenvalue weighted by Gasteiger charge is 2.15. The Hall–Kier alpha value is -1.32. The first-order valence-corrected chi connectivity index (χ1v) is 5.46. The predicted octanol–water partition coefficient (Wildman–Crippen LogP) is 1.51. The molecule has 0 bridgehead atoms. The van der Waals surface area contributed by atoms with E-state index in [0.717, 1.165) is 0 Å². The molecule has 0 aromatic heterocycles. The first-order chi connectivity index (χ1) is 7.36. The summed E-state index contributed by atoms with van der Waals surface area (Å²) < 4.78 is 4.84. The maximum Gasteiger partial charge on any atom is 0.333 e. The number of esters is 1. The van der Waals surface area contributed by atoms with E-state index in [0.29, 0.717) is 18.0 Å². The fraction of sp³-hybridized carbons (Fsp3) is 0.667. The van der Waals surface area contributed by atoms with Crippen molar-refractivity contribution < 1.29 is 14.3 Å². The van der Waals surface area contributed by atoms with Crippen LogP contribution in [-0.4, -0.2) is 25.0 Å². The summed E-state index contributed by atoms with van der Waals surface area (Å²) in [7, 11) is 0. The Bertz CT molecular complexity index is 271. The van der Waals surface area contributed by atoms with Crippen molar-refractivity contribution in [2.75, 3.05) is 13.2 Å². The molecule has 0 aliphatic heterocycles. The van der Waals surface area contributed by atoms with Crippen LogP contribution in [0.2, 0.25) is 0 Å². The first kappa shape index (κ1) is 14.7. The normalized spacial score (nSPS) is 12.1. The van der Waals surface area contributed by atoms with Crippen LogP contribution in [0.5, 0.6) is 0 Å². The number of rotatable bonds is 6. The second-order valence-corrected chi connectivity index (χ2v) is 4.24. The molecule has 1 atom stereocenters. The summed E-state index contributed by atoms with van der Waals surface area (Å²) in [5, 5.41) is 2.71. The monoisotopic (exact) mass is 227 g/mol. The second kappa shape index (κ2) is 7.04. The lowest BCUT2D eigenvalue weighted by molar-refractivity contribution is -0.139. The lowest BCUT2D eigenvalue weighted by atomic mass is 9.97. The molecular formula is C12H21NO3. The summed E-state index contributed by atoms with van der Waals surface area (Å²) in [5.41, 5.74) is 0.363. The summed E-state index contributed by atoms with van der Waals surface area (Å²) in [6, 6.07) is 0. The minimum Gasteiger partial charge on any atom is -0.460 e. The highest BCUT2D eigenvalue weighted by atomic mass is 16.5. The van der Waals surface area contributed by atoms with E-state index in [1.54, 1.807) is 6.92 Å². The lowest BCUT2D eigenvalue weighted by Crippen LogP contribution is -2.34. The average Bonchev–Trinajstić information content (AvgIpc) is 2.22. The van der Waals surface area contributed by atoms with Crippen LogP contribution in [0.4, 0.5) is 0 Å². The summed E-state index contributed by atoms with van der Waals surface area (Å²) in [4.78, 5) is 22.5. The van der Waals surface area contributed by atoms with Gasteiger partial charge in [0.1, 0.15) is 6.61 Å². The lowest BCUT2D eigenvalue weighted by Gasteiger charge is -2.15. The summed E-state index contributed by atoms with van der Waals surface area (Å²) in [6.07, 6.45) is 0. The Morgan fingerprint density at radius 3 is 2.31 bits per heavy atom. The summed E-state index contributed by atoms with van der Waals surface area (Å²) >= 11 is 0. The van der Waals surface area contributed by atoms with Crippen LogP contribution in [0.1, 0.15) is 27.7 Å². The third-order valence-electron chi connectivity index (χ3n) is 2.40. The van der Waals surface area contributed by atoms with Crippen LogP contribution in [0.15, 0.2) is 12.2 Å². The Balaban J connectivity index is 3.71. The average molecular weight is 227 g/mol. The van der Waals surface area contributed by atoms with E-state index in [-0.39, 0.29) is 18.4 Å². The Labute approximate surface area is 97.1 Å². The van der Waals surface area contributed by atoms with Gasteiger partial charge in [0.25, 0.3) is 0 Å². The second-order valence-electron chi connectivity index (χ2n) is 4.24. The number of nitrogens with one attached hydrogen (secondary N) is 1. The van der Waals surface area contributed by atoms with Gasteiger partial charge in [-0.25, -0.2) is 4.79 Å². The Kier molecular flexibility index (Phi) is 6.46. The van der Waals surface area contributed by atoms with Crippen molar-refractivity contribution in [1.82, 2.24) is 5.32 Å². The summed E-state index contributed by atoms with van der Waals surface area (Å²) in [6.45, 7) is 11.4. The molecule has 1 unspecified atom stereocenters. The van der Waals surface area contributed by atoms with Gasteiger partial charge in [-0.1, -0.05) is 27.4 Å². The van der Waals surface area contributed by atoms with Crippen molar-refractivity contribution in [2.45, 2.75) is 27.7 Å². The molecule has 4 nitrogen and oxygen atoms in total. The van der Waals surface area contributed by atoms with E-state index in [1.807, 2.05) is 20.8 Å². The Morgan fingerprint density at radius 1 is 1.31 bits per heavy atom. The maximum absolute atomic E-state index is 11.5. The zero-order chi connectivity index (χ0) is 12.7. The van der Waals surface area contributed by atoms with Gasteiger partial charge in [-0.15, -0.1) is 0 Å². The molecule has 0 aromatic rings. The van der Waals surface area contributed by atoms with E-state index >= 15 is 0 Å². The molecule has 4 heteroatoms. The molecular weight excluding hydrogens is 206 g/mol. The number of carbonyl (C=O) groups excluding carboxylic acids is 2. The quantitative estimate of drug-likeness (QED) is 0.425. The van der Waals surface area contributed by atoms with Gasteiger partial charge in [0.05, 0.1) is 6.54 Å². The molecule has 0 saturated carbocycles. The van der Waals surface area contributed by atoms with Crippen molar-refractivity contribution in [3.63, 3.8) is 0 Å². The minimum atomic E-state index is -0.425. The van der Waals surface area contributed by atoms with Gasteiger partial charge in [0, 0.05) is 11.5 Å². The first-order valence-electron chi connectivity index (χ1n) is 5.46. The third kappa shape index (κ3) is 5.53. The van der Waals surface area contributed by atoms with Crippen molar-refractivity contribution in [3.05, 3.63) is 12.2 Å². The largest absolute Gasteiger partial charge is 0.460 e. The van der Waals surface area contributed by atoms with Crippen LogP contribution in [0, 0.1) is 11.8 Å². The summed E-state index contributed by atoms with van der Waals surface area (Å²) in [5.74, 6) is -0.164. The van der Waals surface area contributed by atoms with Gasteiger partial charge in [0.15, 0.2) is 0 Å². The molecule has 0 heterocycles. The third-order valence-corrected chi connectivity index (χ3v) is 2.40. The van der Waals surface area contributed by atoms with Gasteiger partial charge in [-0.05, 0) is 12.8 Å². The Morgan fingerprint density at radius 2 is 1.88 bits per heavy atom. The standard InChI is InChI=1S/C12H21NO3/c1-8(2)10(5)11(14)13-6-7-16-12(15)9(3)4/h8,10H,3,6-7H2,1-2,4-5H3,(H,13,14). The number of hydrogen-bond donors (Lipinski definition) is 1. The SMILES string of the molecule is C=C(C)C(=O)OCCNC(=O)C(C)C(C)C. The zero-order valence-corrected chi connectivity index (χ0v) is 10.5. The van der Waals surface area contributed by atoms with Crippen molar-refractivity contribution >= 4 is 11.9 Å². The van der Waals surface area contributed by atoms with Crippen LogP contribution >= 0.6 is 0 Å². The van der Waals surface area contributed by atoms with Gasteiger partial charge < -0.3 is 10.1 Å². The highest BCUT2D eigenvalue weighted by molar-refractivity contribution is 5.86. The van der Waals surface area contributed by atoms with Crippen LogP contribution in [0.25, 0.3) is 0 Å². The van der Waals surface area contributed by atoms with Crippen LogP contribution in [0.3, 0.4) is 0 Å². The van der Waals surface area contributed by atoms with Crippen LogP contribution < -0.4 is 5.32 Å². The van der Waals surface area contributed by atoms with Gasteiger partial charge in [0.2, 0.25) is 5.91 Å². The molecule has 1 N–H and O–H groups in total. The molecule has 0 aliphatic carbocycles. The van der Waals surface area contributed by atoms with Crippen molar-refractivity contribution in [1.29, 1.82) is 0 Å². The molecule has 0 spiro atoms. The number of hydrogen-bond acceptors (Lipinski definition) is 3. The van der Waals surface area contributed by atoms with Gasteiger partial charge in [-0.2, -0.15) is 0 Å². The molecule has 0 radical (unpaired) electrons. The van der Waals surface area contributed by atoms with E-state index in [9.17, 15) is 9.59 Å². The predicted molar refractivity (Wildman–Crippen MR) is 62.8 cm³/mol. The molecule has 92 valence electrons. The fourth-order valence-corrected chi connectivity index (χ4v) is 0.905. The molecule has 0 aromatic carbocycles. The number of ether oxygens (including phenoxy) is 1. The van der Waals surface area contributed by atoms with Gasteiger partial charge >= 0.3 is 5.97 Å². The molecule has 1 amide bonds. The molecule has 0 fully saturated rings. The molecule has 16 heavy (non-hydrogen) atoms. The number of carbonyl (C=O) groups is 2. The van der Waals surface area contributed by atoms with E-state index in [1.165, 1.54) is 0 Å². The zero-order valence-electron chi connectivity index (χ0n) is 10.5. The molecule has 0 saturated heterocycles. The van der Waals surface area contributed by atoms with Crippen molar-refractivity contribution in [2.24, 2.45) is 11.8 Å². The highest BCUT2D eigenvalue weighted by Crippen LogP contribution is 2.08. The molecule has 0 rings (SSSR count). The van der Waals surface area contributed by atoms with E-state index in [2.05, 4.69) is 11.9 Å². The minimum absolute atomic E-state index is 0.0126. The van der Waals surface area contributed by atoms with Crippen LogP contribution in [-0.2, 0) is 14.3 Å². The topological polar surface area (TPSA) is 55.4 Å². The smallest absolute Gasteiger partial charge is 0.333 e. The fourth-order valence-electron chi connectivity index (χ4n) is 0.905. The maximum atomic E-state index is 11.5. The molecule has 0 aliphatic rings. The van der Waals surface area contributed by atoms with E-state index < -0.39 is 5.97 Å². The van der Waals surface area contributed by atoms with Crippen molar-refractivity contribution in [3.8, 4) is 0 Å². The number of amides is 1.